The van der Waals surface area contributed by atoms with Gasteiger partial charge in [0.15, 0.2) is 0 Å². The van der Waals surface area contributed by atoms with Gasteiger partial charge in [-0.15, -0.1) is 0 Å². The van der Waals surface area contributed by atoms with Crippen molar-refractivity contribution in [3.8, 4) is 0 Å². The summed E-state index contributed by atoms with van der Waals surface area (Å²) in [4.78, 5) is 22.5. The van der Waals surface area contributed by atoms with Gasteiger partial charge in [0.2, 0.25) is 0 Å². The van der Waals surface area contributed by atoms with Crippen LogP contribution in [0.15, 0.2) is 23.8 Å². The number of rotatable bonds is 3. The Bertz CT molecular complexity index is 505. The summed E-state index contributed by atoms with van der Waals surface area (Å²) in [6, 6.07) is 0. The van der Waals surface area contributed by atoms with Crippen LogP contribution in [-0.2, 0) is 14.3 Å². The van der Waals surface area contributed by atoms with Crippen LogP contribution in [0.3, 0.4) is 0 Å². The second kappa shape index (κ2) is 5.66. The molecule has 21 heavy (non-hydrogen) atoms. The number of hydrogen-bond acceptors (Lipinski definition) is 3. The molecule has 1 saturated carbocycles. The smallest absolute Gasteiger partial charge is 0.331 e. The van der Waals surface area contributed by atoms with Gasteiger partial charge in [0.1, 0.15) is 6.10 Å². The maximum absolute atomic E-state index is 11.3. The average molecular weight is 292 g/mol. The number of carbonyl (C=O) groups excluding carboxylic acids is 1. The molecule has 0 amide bonds. The van der Waals surface area contributed by atoms with E-state index in [-0.39, 0.29) is 29.0 Å². The molecule has 2 rings (SSSR count). The van der Waals surface area contributed by atoms with Gasteiger partial charge in [0.25, 0.3) is 0 Å². The van der Waals surface area contributed by atoms with Crippen LogP contribution in [0.2, 0.25) is 0 Å². The van der Waals surface area contributed by atoms with E-state index in [2.05, 4.69) is 26.5 Å². The first-order chi connectivity index (χ1) is 9.75. The fourth-order valence-electron chi connectivity index (χ4n) is 3.84. The number of carboxylic acids is 1. The van der Waals surface area contributed by atoms with Crippen LogP contribution in [0.1, 0.15) is 46.5 Å². The van der Waals surface area contributed by atoms with Crippen LogP contribution in [0.4, 0.5) is 0 Å². The van der Waals surface area contributed by atoms with Gasteiger partial charge in [0, 0.05) is 12.5 Å². The molecule has 2 aliphatic rings. The van der Waals surface area contributed by atoms with Gasteiger partial charge in [0.05, 0.1) is 0 Å². The zero-order chi connectivity index (χ0) is 15.8. The lowest BCUT2D eigenvalue weighted by atomic mass is 9.57. The standard InChI is InChI=1S/C17H24O4/c1-10-5-8-15(21-12(3)18)14-7-6-13(9-17(10,14)4)11(2)16(19)20/h7,10,13,15H,2,5-6,8-9H2,1,3-4H3,(H,19,20). The molecule has 2 aliphatic carbocycles. The number of aliphatic carboxylic acids is 1. The monoisotopic (exact) mass is 292 g/mol. The summed E-state index contributed by atoms with van der Waals surface area (Å²) in [5.41, 5.74) is 1.35. The number of fused-ring (bicyclic) bond motifs is 1. The first-order valence-corrected chi connectivity index (χ1v) is 7.55. The van der Waals surface area contributed by atoms with Crippen molar-refractivity contribution in [3.63, 3.8) is 0 Å². The predicted molar refractivity (Wildman–Crippen MR) is 79.6 cm³/mol. The fraction of sp³-hybridized carbons (Fsp3) is 0.647. The van der Waals surface area contributed by atoms with Gasteiger partial charge < -0.3 is 9.84 Å². The molecule has 0 aliphatic heterocycles. The fourth-order valence-corrected chi connectivity index (χ4v) is 3.84. The van der Waals surface area contributed by atoms with Crippen molar-refractivity contribution < 1.29 is 19.4 Å². The van der Waals surface area contributed by atoms with E-state index in [1.807, 2.05) is 0 Å². The molecule has 1 fully saturated rings. The lowest BCUT2D eigenvalue weighted by Gasteiger charge is -2.49. The molecule has 4 unspecified atom stereocenters. The van der Waals surface area contributed by atoms with E-state index in [1.165, 1.54) is 12.5 Å². The molecule has 1 N–H and O–H groups in total. The maximum atomic E-state index is 11.3. The number of carboxylic acid groups (broad SMARTS) is 1. The summed E-state index contributed by atoms with van der Waals surface area (Å²) < 4.78 is 5.47. The van der Waals surface area contributed by atoms with E-state index < -0.39 is 5.97 Å². The second-order valence-electron chi connectivity index (χ2n) is 6.62. The van der Waals surface area contributed by atoms with E-state index >= 15 is 0 Å². The van der Waals surface area contributed by atoms with Crippen molar-refractivity contribution in [2.45, 2.75) is 52.6 Å². The van der Waals surface area contributed by atoms with Gasteiger partial charge >= 0.3 is 11.9 Å². The van der Waals surface area contributed by atoms with Crippen LogP contribution in [0.5, 0.6) is 0 Å². The van der Waals surface area contributed by atoms with Gasteiger partial charge in [-0.05, 0) is 48.5 Å². The predicted octanol–water partition coefficient (Wildman–Crippen LogP) is 3.33. The first kappa shape index (κ1) is 15.8. The van der Waals surface area contributed by atoms with Crippen molar-refractivity contribution >= 4 is 11.9 Å². The summed E-state index contributed by atoms with van der Waals surface area (Å²) in [5.74, 6) is -0.759. The van der Waals surface area contributed by atoms with Crippen molar-refractivity contribution in [1.29, 1.82) is 0 Å². The Morgan fingerprint density at radius 1 is 1.43 bits per heavy atom. The Balaban J connectivity index is 2.29. The minimum absolute atomic E-state index is 0.0326. The van der Waals surface area contributed by atoms with Crippen LogP contribution in [0.25, 0.3) is 0 Å². The minimum atomic E-state index is -0.916. The molecular formula is C17H24O4. The molecule has 0 saturated heterocycles. The molecule has 0 spiro atoms. The molecule has 0 radical (unpaired) electrons. The highest BCUT2D eigenvalue weighted by Gasteiger charge is 2.47. The van der Waals surface area contributed by atoms with E-state index in [0.29, 0.717) is 12.3 Å². The van der Waals surface area contributed by atoms with Crippen LogP contribution in [-0.4, -0.2) is 23.1 Å². The zero-order valence-electron chi connectivity index (χ0n) is 13.0. The van der Waals surface area contributed by atoms with Crippen LogP contribution >= 0.6 is 0 Å². The first-order valence-electron chi connectivity index (χ1n) is 7.55. The Morgan fingerprint density at radius 3 is 2.67 bits per heavy atom. The van der Waals surface area contributed by atoms with Gasteiger partial charge in [-0.25, -0.2) is 4.79 Å². The number of carbonyl (C=O) groups is 2. The summed E-state index contributed by atoms with van der Waals surface area (Å²) >= 11 is 0. The molecule has 4 nitrogen and oxygen atoms in total. The molecule has 0 aromatic carbocycles. The van der Waals surface area contributed by atoms with E-state index in [1.54, 1.807) is 0 Å². The third kappa shape index (κ3) is 2.89. The van der Waals surface area contributed by atoms with Crippen molar-refractivity contribution in [1.82, 2.24) is 0 Å². The molecule has 4 heteroatoms. The summed E-state index contributed by atoms with van der Waals surface area (Å²) in [5, 5.41) is 9.16. The van der Waals surface area contributed by atoms with E-state index in [4.69, 9.17) is 9.84 Å². The lowest BCUT2D eigenvalue weighted by molar-refractivity contribution is -0.147. The highest BCUT2D eigenvalue weighted by molar-refractivity contribution is 5.86. The van der Waals surface area contributed by atoms with E-state index in [9.17, 15) is 9.59 Å². The molecule has 0 aromatic heterocycles. The molecule has 0 aromatic rings. The minimum Gasteiger partial charge on any atom is -0.478 e. The molecule has 4 atom stereocenters. The van der Waals surface area contributed by atoms with E-state index in [0.717, 1.165) is 19.3 Å². The summed E-state index contributed by atoms with van der Waals surface area (Å²) in [7, 11) is 0. The van der Waals surface area contributed by atoms with Crippen molar-refractivity contribution in [2.24, 2.45) is 17.3 Å². The summed E-state index contributed by atoms with van der Waals surface area (Å²) in [6.45, 7) is 9.53. The molecule has 116 valence electrons. The van der Waals surface area contributed by atoms with Gasteiger partial charge in [-0.3, -0.25) is 4.79 Å². The maximum Gasteiger partial charge on any atom is 0.331 e. The second-order valence-corrected chi connectivity index (χ2v) is 6.62. The number of allylic oxidation sites excluding steroid dienone is 1. The number of ether oxygens (including phenoxy) is 1. The van der Waals surface area contributed by atoms with Gasteiger partial charge in [-0.2, -0.15) is 0 Å². The third-order valence-electron chi connectivity index (χ3n) is 5.32. The molecule has 0 heterocycles. The largest absolute Gasteiger partial charge is 0.478 e. The zero-order valence-corrected chi connectivity index (χ0v) is 13.0. The van der Waals surface area contributed by atoms with Crippen LogP contribution < -0.4 is 0 Å². The highest BCUT2D eigenvalue weighted by Crippen LogP contribution is 2.53. The third-order valence-corrected chi connectivity index (χ3v) is 5.32. The Hall–Kier alpha value is -1.58. The molecule has 0 bridgehead atoms. The van der Waals surface area contributed by atoms with Gasteiger partial charge in [-0.1, -0.05) is 26.5 Å². The number of hydrogen-bond donors (Lipinski definition) is 1. The Labute approximate surface area is 125 Å². The average Bonchev–Trinajstić information content (AvgIpc) is 2.40. The quantitative estimate of drug-likeness (QED) is 0.492. The summed E-state index contributed by atoms with van der Waals surface area (Å²) in [6.07, 6.45) is 5.21. The van der Waals surface area contributed by atoms with Crippen LogP contribution in [0, 0.1) is 17.3 Å². The highest BCUT2D eigenvalue weighted by atomic mass is 16.5. The molecular weight excluding hydrogens is 268 g/mol. The topological polar surface area (TPSA) is 63.6 Å². The van der Waals surface area contributed by atoms with Crippen molar-refractivity contribution in [2.75, 3.05) is 0 Å². The number of esters is 1. The van der Waals surface area contributed by atoms with Crippen molar-refractivity contribution in [3.05, 3.63) is 23.8 Å². The SMILES string of the molecule is C=C(C(=O)O)C1CC=C2C(OC(C)=O)CCC(C)C2(C)C1. The Morgan fingerprint density at radius 2 is 2.10 bits per heavy atom. The Kier molecular flexibility index (Phi) is 4.26. The lowest BCUT2D eigenvalue weighted by Crippen LogP contribution is -2.43. The normalized spacial score (nSPS) is 35.4.